The van der Waals surface area contributed by atoms with E-state index in [0.29, 0.717) is 37.0 Å². The lowest BCUT2D eigenvalue weighted by Crippen LogP contribution is -2.29. The molecule has 1 saturated heterocycles. The van der Waals surface area contributed by atoms with Crippen LogP contribution in [0.4, 0.5) is 8.78 Å². The van der Waals surface area contributed by atoms with Gasteiger partial charge < -0.3 is 14.2 Å². The number of rotatable bonds is 11. The molecule has 0 N–H and O–H groups in total. The first-order valence-electron chi connectivity index (χ1n) is 10.6. The van der Waals surface area contributed by atoms with Crippen LogP contribution in [0.15, 0.2) is 35.6 Å². The maximum absolute atomic E-state index is 14.3. The van der Waals surface area contributed by atoms with E-state index in [1.165, 1.54) is 7.11 Å². The number of allylic oxidation sites excluding steroid dienone is 5. The highest BCUT2D eigenvalue weighted by molar-refractivity contribution is 5.33. The Labute approximate surface area is 168 Å². The van der Waals surface area contributed by atoms with Crippen LogP contribution in [0.3, 0.4) is 0 Å². The third kappa shape index (κ3) is 6.70. The average Bonchev–Trinajstić information content (AvgIpc) is 2.71. The van der Waals surface area contributed by atoms with Crippen molar-refractivity contribution in [2.75, 3.05) is 20.3 Å². The molecule has 1 heterocycles. The molecule has 160 valence electrons. The standard InChI is InChI=1S/C23H36F2O3/c1-5-6-7-19-11-10-18(15-28-19)14-27-17(3)9-8-16(2)20-12-13-21(26-4)23(25)22(20)24/h5,16-19H,1,6-15H2,2-4H3. The average molecular weight is 399 g/mol. The van der Waals surface area contributed by atoms with Gasteiger partial charge in [0.25, 0.3) is 0 Å². The first-order chi connectivity index (χ1) is 13.5. The Kier molecular flexibility index (Phi) is 9.66. The van der Waals surface area contributed by atoms with Crippen molar-refractivity contribution >= 4 is 0 Å². The molecule has 1 fully saturated rings. The summed E-state index contributed by atoms with van der Waals surface area (Å²) >= 11 is 0. The second-order valence-electron chi connectivity index (χ2n) is 8.17. The lowest BCUT2D eigenvalue weighted by molar-refractivity contribution is -0.0570. The van der Waals surface area contributed by atoms with Gasteiger partial charge in [-0.1, -0.05) is 13.0 Å². The quantitative estimate of drug-likeness (QED) is 0.376. The number of hydrogen-bond donors (Lipinski definition) is 0. The van der Waals surface area contributed by atoms with Gasteiger partial charge in [-0.25, -0.2) is 8.78 Å². The molecule has 1 aliphatic carbocycles. The molecule has 28 heavy (non-hydrogen) atoms. The molecule has 0 aromatic rings. The molecule has 0 radical (unpaired) electrons. The van der Waals surface area contributed by atoms with E-state index in [1.807, 2.05) is 13.0 Å². The zero-order valence-electron chi connectivity index (χ0n) is 17.6. The monoisotopic (exact) mass is 398 g/mol. The molecule has 2 aliphatic rings. The van der Waals surface area contributed by atoms with Crippen LogP contribution in [0.2, 0.25) is 0 Å². The van der Waals surface area contributed by atoms with Crippen LogP contribution in [-0.2, 0) is 14.2 Å². The van der Waals surface area contributed by atoms with Gasteiger partial charge in [0.1, 0.15) is 5.76 Å². The fourth-order valence-corrected chi connectivity index (χ4v) is 3.95. The van der Waals surface area contributed by atoms with E-state index in [9.17, 15) is 8.78 Å². The summed E-state index contributed by atoms with van der Waals surface area (Å²) in [5.74, 6) is -0.992. The van der Waals surface area contributed by atoms with Crippen molar-refractivity contribution < 1.29 is 23.0 Å². The van der Waals surface area contributed by atoms with Crippen LogP contribution >= 0.6 is 0 Å². The first-order valence-corrected chi connectivity index (χ1v) is 10.6. The molecule has 0 aromatic carbocycles. The van der Waals surface area contributed by atoms with Crippen LogP contribution in [0.5, 0.6) is 0 Å². The summed E-state index contributed by atoms with van der Waals surface area (Å²) in [4.78, 5) is 0. The molecule has 1 aliphatic heterocycles. The largest absolute Gasteiger partial charge is 0.498 e. The minimum Gasteiger partial charge on any atom is -0.498 e. The molecule has 4 atom stereocenters. The zero-order valence-corrected chi connectivity index (χ0v) is 17.6. The minimum atomic E-state index is -0.830. The summed E-state index contributed by atoms with van der Waals surface area (Å²) in [5, 5.41) is 0. The topological polar surface area (TPSA) is 27.7 Å². The third-order valence-electron chi connectivity index (χ3n) is 5.96. The molecule has 2 rings (SSSR count). The molecule has 0 bridgehead atoms. The van der Waals surface area contributed by atoms with Crippen molar-refractivity contribution in [2.45, 2.75) is 77.4 Å². The van der Waals surface area contributed by atoms with Gasteiger partial charge >= 0.3 is 0 Å². The van der Waals surface area contributed by atoms with Crippen molar-refractivity contribution in [1.29, 1.82) is 0 Å². The molecule has 0 aromatic heterocycles. The van der Waals surface area contributed by atoms with E-state index in [1.54, 1.807) is 0 Å². The first kappa shape index (κ1) is 23.1. The smallest absolute Gasteiger partial charge is 0.196 e. The summed E-state index contributed by atoms with van der Waals surface area (Å²) < 4.78 is 45.1. The van der Waals surface area contributed by atoms with Gasteiger partial charge in [-0.2, -0.15) is 0 Å². The highest BCUT2D eigenvalue weighted by atomic mass is 19.2. The van der Waals surface area contributed by atoms with Crippen molar-refractivity contribution in [1.82, 2.24) is 0 Å². The van der Waals surface area contributed by atoms with Gasteiger partial charge in [-0.05, 0) is 63.4 Å². The lowest BCUT2D eigenvalue weighted by Gasteiger charge is -2.29. The van der Waals surface area contributed by atoms with Crippen LogP contribution in [0, 0.1) is 11.8 Å². The van der Waals surface area contributed by atoms with E-state index >= 15 is 0 Å². The Bertz CT molecular complexity index is 562. The number of halogens is 2. The number of hydrogen-bond acceptors (Lipinski definition) is 3. The van der Waals surface area contributed by atoms with Crippen molar-refractivity contribution in [3.8, 4) is 0 Å². The molecular weight excluding hydrogens is 362 g/mol. The van der Waals surface area contributed by atoms with Crippen LogP contribution in [0.1, 0.15) is 65.2 Å². The van der Waals surface area contributed by atoms with Crippen molar-refractivity contribution in [3.05, 3.63) is 35.6 Å². The second-order valence-corrected chi connectivity index (χ2v) is 8.17. The Morgan fingerprint density at radius 3 is 2.61 bits per heavy atom. The highest BCUT2D eigenvalue weighted by Gasteiger charge is 2.27. The summed E-state index contributed by atoms with van der Waals surface area (Å²) in [6, 6.07) is 0. The molecule has 5 heteroatoms. The summed E-state index contributed by atoms with van der Waals surface area (Å²) in [6.45, 7) is 9.24. The number of methoxy groups -OCH3 is 1. The van der Waals surface area contributed by atoms with Gasteiger partial charge in [-0.15, -0.1) is 6.58 Å². The van der Waals surface area contributed by atoms with Gasteiger partial charge in [0.15, 0.2) is 11.7 Å². The molecule has 3 nitrogen and oxygen atoms in total. The second kappa shape index (κ2) is 11.7. The minimum absolute atomic E-state index is 0.00108. The molecular formula is C23H36F2O3. The third-order valence-corrected chi connectivity index (χ3v) is 5.96. The van der Waals surface area contributed by atoms with Gasteiger partial charge in [-0.3, -0.25) is 0 Å². The summed E-state index contributed by atoms with van der Waals surface area (Å²) in [5.41, 5.74) is 0.566. The van der Waals surface area contributed by atoms with Crippen LogP contribution in [-0.4, -0.2) is 32.5 Å². The Hall–Kier alpha value is -1.20. The van der Waals surface area contributed by atoms with Crippen LogP contribution < -0.4 is 0 Å². The van der Waals surface area contributed by atoms with Crippen LogP contribution in [0.25, 0.3) is 0 Å². The maximum Gasteiger partial charge on any atom is 0.196 e. The molecule has 0 spiro atoms. The van der Waals surface area contributed by atoms with Crippen molar-refractivity contribution in [3.63, 3.8) is 0 Å². The predicted octanol–water partition coefficient (Wildman–Crippen LogP) is 6.41. The van der Waals surface area contributed by atoms with E-state index in [-0.39, 0.29) is 17.8 Å². The van der Waals surface area contributed by atoms with Gasteiger partial charge in [0, 0.05) is 12.3 Å². The Morgan fingerprint density at radius 2 is 1.96 bits per heavy atom. The van der Waals surface area contributed by atoms with E-state index in [0.717, 1.165) is 45.1 Å². The van der Waals surface area contributed by atoms with E-state index in [2.05, 4.69) is 13.5 Å². The Balaban J connectivity index is 1.69. The lowest BCUT2D eigenvalue weighted by atomic mass is 9.88. The normalized spacial score (nSPS) is 25.6. The highest BCUT2D eigenvalue weighted by Crippen LogP contribution is 2.37. The SMILES string of the molecule is C=CCCC1CCC(COC(C)CCC(C)C2=C(F)C(F)=C(OC)CC2)CO1. The fraction of sp³-hybridized carbons (Fsp3) is 0.739. The fourth-order valence-electron chi connectivity index (χ4n) is 3.95. The Morgan fingerprint density at radius 1 is 1.18 bits per heavy atom. The van der Waals surface area contributed by atoms with Gasteiger partial charge in [0.2, 0.25) is 0 Å². The summed E-state index contributed by atoms with van der Waals surface area (Å²) in [6.07, 6.45) is 9.24. The van der Waals surface area contributed by atoms with E-state index in [4.69, 9.17) is 14.2 Å². The number of ether oxygens (including phenoxy) is 3. The maximum atomic E-state index is 14.3. The summed E-state index contributed by atoms with van der Waals surface area (Å²) in [7, 11) is 1.38. The molecule has 0 saturated carbocycles. The van der Waals surface area contributed by atoms with E-state index < -0.39 is 11.7 Å². The molecule has 0 amide bonds. The zero-order chi connectivity index (χ0) is 20.5. The molecule has 4 unspecified atom stereocenters. The van der Waals surface area contributed by atoms with Crippen molar-refractivity contribution in [2.24, 2.45) is 11.8 Å². The van der Waals surface area contributed by atoms with Gasteiger partial charge in [0.05, 0.1) is 32.5 Å². The predicted molar refractivity (Wildman–Crippen MR) is 108 cm³/mol.